The van der Waals surface area contributed by atoms with Gasteiger partial charge in [0.15, 0.2) is 10.8 Å². The highest BCUT2D eigenvalue weighted by atomic mass is 32.1. The Morgan fingerprint density at radius 1 is 1.53 bits per heavy atom. The maximum Gasteiger partial charge on any atom is 0.195 e. The molecule has 1 fully saturated rings. The Balaban J connectivity index is 1.92. The molecular formula is C14H22N4S. The van der Waals surface area contributed by atoms with Crippen LogP contribution < -0.4 is 10.2 Å². The standard InChI is InChI=1S/C14H22N4S/c1-10(2)15-9-12-13(17(3)11-5-4-6-11)16-14-18(12)7-8-19-14/h7-8,10-11,15H,4-6,9H2,1-3H3. The molecule has 0 saturated heterocycles. The maximum atomic E-state index is 4.82. The third-order valence-electron chi connectivity index (χ3n) is 3.97. The smallest absolute Gasteiger partial charge is 0.195 e. The lowest BCUT2D eigenvalue weighted by atomic mass is 9.92. The average molecular weight is 278 g/mol. The first-order valence-corrected chi connectivity index (χ1v) is 7.95. The summed E-state index contributed by atoms with van der Waals surface area (Å²) in [5.74, 6) is 1.16. The zero-order valence-electron chi connectivity index (χ0n) is 11.9. The number of hydrogen-bond donors (Lipinski definition) is 1. The normalized spacial score (nSPS) is 16.2. The summed E-state index contributed by atoms with van der Waals surface area (Å²) in [6.45, 7) is 5.24. The molecule has 1 saturated carbocycles. The molecule has 3 rings (SSSR count). The molecule has 0 radical (unpaired) electrons. The zero-order chi connectivity index (χ0) is 13.4. The number of thiazole rings is 1. The zero-order valence-corrected chi connectivity index (χ0v) is 12.7. The lowest BCUT2D eigenvalue weighted by Crippen LogP contribution is -2.38. The fourth-order valence-electron chi connectivity index (χ4n) is 2.52. The molecule has 1 N–H and O–H groups in total. The van der Waals surface area contributed by atoms with Crippen molar-refractivity contribution >= 4 is 22.1 Å². The Labute approximate surface area is 118 Å². The van der Waals surface area contributed by atoms with Crippen LogP contribution in [0.5, 0.6) is 0 Å². The second-order valence-corrected chi connectivity index (χ2v) is 6.54. The summed E-state index contributed by atoms with van der Waals surface area (Å²) in [4.78, 5) is 8.30. The van der Waals surface area contributed by atoms with Gasteiger partial charge in [0.1, 0.15) is 0 Å². The van der Waals surface area contributed by atoms with Gasteiger partial charge >= 0.3 is 0 Å². The van der Waals surface area contributed by atoms with E-state index in [-0.39, 0.29) is 0 Å². The van der Waals surface area contributed by atoms with Crippen molar-refractivity contribution in [2.45, 2.75) is 51.7 Å². The van der Waals surface area contributed by atoms with Crippen LogP contribution in [0.2, 0.25) is 0 Å². The summed E-state index contributed by atoms with van der Waals surface area (Å²) in [5, 5.41) is 5.62. The van der Waals surface area contributed by atoms with Crippen LogP contribution >= 0.6 is 11.3 Å². The number of aromatic nitrogens is 2. The first-order valence-electron chi connectivity index (χ1n) is 7.07. The van der Waals surface area contributed by atoms with Crippen LogP contribution in [0.15, 0.2) is 11.6 Å². The number of nitrogens with one attached hydrogen (secondary N) is 1. The van der Waals surface area contributed by atoms with Crippen LogP contribution in [0.1, 0.15) is 38.8 Å². The lowest BCUT2D eigenvalue weighted by Gasteiger charge is -2.35. The Morgan fingerprint density at radius 3 is 2.95 bits per heavy atom. The predicted molar refractivity (Wildman–Crippen MR) is 81.1 cm³/mol. The molecular weight excluding hydrogens is 256 g/mol. The largest absolute Gasteiger partial charge is 0.355 e. The van der Waals surface area contributed by atoms with E-state index in [2.05, 4.69) is 47.1 Å². The molecule has 0 atom stereocenters. The van der Waals surface area contributed by atoms with Crippen LogP contribution in [0.4, 0.5) is 5.82 Å². The third-order valence-corrected chi connectivity index (χ3v) is 4.73. The summed E-state index contributed by atoms with van der Waals surface area (Å²) in [5.41, 5.74) is 1.29. The van der Waals surface area contributed by atoms with Crippen molar-refractivity contribution in [1.29, 1.82) is 0 Å². The van der Waals surface area contributed by atoms with Gasteiger partial charge in [0.2, 0.25) is 0 Å². The van der Waals surface area contributed by atoms with Gasteiger partial charge in [-0.05, 0) is 19.3 Å². The van der Waals surface area contributed by atoms with Crippen LogP contribution in [0, 0.1) is 0 Å². The number of hydrogen-bond acceptors (Lipinski definition) is 4. The van der Waals surface area contributed by atoms with Crippen molar-refractivity contribution in [2.75, 3.05) is 11.9 Å². The van der Waals surface area contributed by atoms with E-state index in [1.165, 1.54) is 25.0 Å². The van der Waals surface area contributed by atoms with E-state index in [4.69, 9.17) is 4.98 Å². The SMILES string of the molecule is CC(C)NCc1c(N(C)C2CCC2)nc2sccn12. The Bertz CT molecular complexity index is 553. The van der Waals surface area contributed by atoms with Crippen LogP contribution in [-0.2, 0) is 6.54 Å². The van der Waals surface area contributed by atoms with Gasteiger partial charge in [0, 0.05) is 37.3 Å². The van der Waals surface area contributed by atoms with Gasteiger partial charge in [0.05, 0.1) is 5.69 Å². The molecule has 0 aliphatic heterocycles. The first-order chi connectivity index (χ1) is 9.16. The predicted octanol–water partition coefficient (Wildman–Crippen LogP) is 2.88. The highest BCUT2D eigenvalue weighted by Gasteiger charge is 2.26. The molecule has 1 aliphatic carbocycles. The van der Waals surface area contributed by atoms with Gasteiger partial charge in [0.25, 0.3) is 0 Å². The molecule has 2 heterocycles. The maximum absolute atomic E-state index is 4.82. The van der Waals surface area contributed by atoms with Crippen molar-refractivity contribution in [3.05, 3.63) is 17.3 Å². The quantitative estimate of drug-likeness (QED) is 0.913. The molecule has 2 aromatic rings. The molecule has 0 unspecified atom stereocenters. The Hall–Kier alpha value is -1.07. The van der Waals surface area contributed by atoms with E-state index in [9.17, 15) is 0 Å². The Kier molecular flexibility index (Phi) is 3.50. The molecule has 2 aromatic heterocycles. The van der Waals surface area contributed by atoms with Gasteiger partial charge in [-0.2, -0.15) is 0 Å². The molecule has 0 aromatic carbocycles. The molecule has 0 amide bonds. The minimum Gasteiger partial charge on any atom is -0.355 e. The average Bonchev–Trinajstić information content (AvgIpc) is 2.83. The van der Waals surface area contributed by atoms with E-state index in [0.717, 1.165) is 17.3 Å². The minimum atomic E-state index is 0.492. The summed E-state index contributed by atoms with van der Waals surface area (Å²) >= 11 is 1.71. The van der Waals surface area contributed by atoms with Crippen molar-refractivity contribution < 1.29 is 0 Å². The van der Waals surface area contributed by atoms with Gasteiger partial charge in [-0.25, -0.2) is 4.98 Å². The molecule has 0 bridgehead atoms. The van der Waals surface area contributed by atoms with Crippen molar-refractivity contribution in [1.82, 2.24) is 14.7 Å². The van der Waals surface area contributed by atoms with Gasteiger partial charge in [-0.3, -0.25) is 4.40 Å². The number of imidazole rings is 1. The highest BCUT2D eigenvalue weighted by molar-refractivity contribution is 7.15. The van der Waals surface area contributed by atoms with E-state index < -0.39 is 0 Å². The molecule has 5 heteroatoms. The topological polar surface area (TPSA) is 32.6 Å². The van der Waals surface area contributed by atoms with E-state index in [1.54, 1.807) is 11.3 Å². The summed E-state index contributed by atoms with van der Waals surface area (Å²) < 4.78 is 2.23. The highest BCUT2D eigenvalue weighted by Crippen LogP contribution is 2.31. The van der Waals surface area contributed by atoms with Crippen LogP contribution in [0.3, 0.4) is 0 Å². The van der Waals surface area contributed by atoms with Crippen LogP contribution in [-0.4, -0.2) is 28.5 Å². The second-order valence-electron chi connectivity index (χ2n) is 5.67. The fraction of sp³-hybridized carbons (Fsp3) is 0.643. The number of fused-ring (bicyclic) bond motifs is 1. The van der Waals surface area contributed by atoms with Gasteiger partial charge < -0.3 is 10.2 Å². The summed E-state index contributed by atoms with van der Waals surface area (Å²) in [6, 6.07) is 1.17. The summed E-state index contributed by atoms with van der Waals surface area (Å²) in [7, 11) is 2.19. The molecule has 0 spiro atoms. The van der Waals surface area contributed by atoms with Crippen LogP contribution in [0.25, 0.3) is 4.96 Å². The minimum absolute atomic E-state index is 0.492. The van der Waals surface area contributed by atoms with Gasteiger partial charge in [-0.1, -0.05) is 13.8 Å². The number of rotatable bonds is 5. The van der Waals surface area contributed by atoms with Crippen molar-refractivity contribution in [3.8, 4) is 0 Å². The second kappa shape index (κ2) is 5.13. The molecule has 1 aliphatic rings. The monoisotopic (exact) mass is 278 g/mol. The Morgan fingerprint density at radius 2 is 2.32 bits per heavy atom. The van der Waals surface area contributed by atoms with Crippen molar-refractivity contribution in [3.63, 3.8) is 0 Å². The third kappa shape index (κ3) is 2.37. The first kappa shape index (κ1) is 12.9. The molecule has 4 nitrogen and oxygen atoms in total. The number of anilines is 1. The fourth-order valence-corrected chi connectivity index (χ4v) is 3.24. The van der Waals surface area contributed by atoms with Gasteiger partial charge in [-0.15, -0.1) is 11.3 Å². The van der Waals surface area contributed by atoms with E-state index >= 15 is 0 Å². The van der Waals surface area contributed by atoms with E-state index in [0.29, 0.717) is 12.1 Å². The van der Waals surface area contributed by atoms with E-state index in [1.807, 2.05) is 0 Å². The lowest BCUT2D eigenvalue weighted by molar-refractivity contribution is 0.398. The molecule has 104 valence electrons. The molecule has 19 heavy (non-hydrogen) atoms. The van der Waals surface area contributed by atoms with Crippen molar-refractivity contribution in [2.24, 2.45) is 0 Å². The number of nitrogens with zero attached hydrogens (tertiary/aromatic N) is 3. The summed E-state index contributed by atoms with van der Waals surface area (Å²) in [6.07, 6.45) is 6.09.